The van der Waals surface area contributed by atoms with E-state index in [0.717, 1.165) is 5.92 Å². The Kier molecular flexibility index (Phi) is 2.89. The molecule has 0 aromatic rings. The van der Waals surface area contributed by atoms with Crippen molar-refractivity contribution in [2.75, 3.05) is 6.61 Å². The van der Waals surface area contributed by atoms with Gasteiger partial charge in [-0.25, -0.2) is 0 Å². The molecule has 1 N–H and O–H groups in total. The van der Waals surface area contributed by atoms with Gasteiger partial charge in [0.25, 0.3) is 0 Å². The second-order valence-electron chi connectivity index (χ2n) is 4.58. The number of aliphatic hydroxyl groups excluding tert-OH is 1. The fourth-order valence-electron chi connectivity index (χ4n) is 3.00. The van der Waals surface area contributed by atoms with Gasteiger partial charge in [0, 0.05) is 5.92 Å². The highest BCUT2D eigenvalue weighted by Crippen LogP contribution is 2.37. The van der Waals surface area contributed by atoms with Gasteiger partial charge in [-0.1, -0.05) is 19.3 Å². The summed E-state index contributed by atoms with van der Waals surface area (Å²) >= 11 is 0. The Morgan fingerprint density at radius 1 is 1.15 bits per heavy atom. The maximum Gasteiger partial charge on any atom is 0.0829 e. The number of hydrogen-bond acceptors (Lipinski definition) is 2. The summed E-state index contributed by atoms with van der Waals surface area (Å²) in [5.41, 5.74) is 0. The third-order valence-electron chi connectivity index (χ3n) is 3.71. The summed E-state index contributed by atoms with van der Waals surface area (Å²) < 4.78 is 5.48. The molecule has 0 aromatic heterocycles. The lowest BCUT2D eigenvalue weighted by atomic mass is 9.76. The van der Waals surface area contributed by atoms with Crippen molar-refractivity contribution in [1.82, 2.24) is 0 Å². The second kappa shape index (κ2) is 3.97. The molecule has 2 nitrogen and oxygen atoms in total. The van der Waals surface area contributed by atoms with Gasteiger partial charge in [0.2, 0.25) is 0 Å². The summed E-state index contributed by atoms with van der Waals surface area (Å²) in [4.78, 5) is 0. The predicted molar refractivity (Wildman–Crippen MR) is 51.5 cm³/mol. The largest absolute Gasteiger partial charge is 0.390 e. The maximum atomic E-state index is 9.79. The van der Waals surface area contributed by atoms with Gasteiger partial charge in [0.05, 0.1) is 18.8 Å². The van der Waals surface area contributed by atoms with Crippen molar-refractivity contribution in [1.29, 1.82) is 0 Å². The first kappa shape index (κ1) is 9.47. The van der Waals surface area contributed by atoms with E-state index >= 15 is 0 Å². The lowest BCUT2D eigenvalue weighted by Crippen LogP contribution is -2.31. The average molecular weight is 184 g/mol. The van der Waals surface area contributed by atoms with Gasteiger partial charge >= 0.3 is 0 Å². The number of rotatable bonds is 1. The van der Waals surface area contributed by atoms with Gasteiger partial charge in [0.1, 0.15) is 0 Å². The van der Waals surface area contributed by atoms with Crippen LogP contribution in [-0.2, 0) is 4.74 Å². The Morgan fingerprint density at radius 3 is 2.38 bits per heavy atom. The highest BCUT2D eigenvalue weighted by atomic mass is 16.5. The zero-order valence-electron chi connectivity index (χ0n) is 8.41. The van der Waals surface area contributed by atoms with E-state index in [1.165, 1.54) is 32.1 Å². The summed E-state index contributed by atoms with van der Waals surface area (Å²) in [5.74, 6) is 1.14. The van der Waals surface area contributed by atoms with Crippen LogP contribution in [0, 0.1) is 11.8 Å². The third kappa shape index (κ3) is 1.89. The molecule has 2 heteroatoms. The first-order chi connectivity index (χ1) is 6.29. The van der Waals surface area contributed by atoms with Crippen molar-refractivity contribution in [2.24, 2.45) is 11.8 Å². The summed E-state index contributed by atoms with van der Waals surface area (Å²) in [5, 5.41) is 9.79. The summed E-state index contributed by atoms with van der Waals surface area (Å²) in [7, 11) is 0. The number of ether oxygens (including phenoxy) is 1. The van der Waals surface area contributed by atoms with Crippen molar-refractivity contribution in [3.63, 3.8) is 0 Å². The molecule has 0 aromatic carbocycles. The molecule has 3 atom stereocenters. The van der Waals surface area contributed by atoms with Crippen LogP contribution in [0.2, 0.25) is 0 Å². The lowest BCUT2D eigenvalue weighted by Gasteiger charge is -2.30. The smallest absolute Gasteiger partial charge is 0.0829 e. The number of hydrogen-bond donors (Lipinski definition) is 1. The lowest BCUT2D eigenvalue weighted by molar-refractivity contribution is 0.0756. The molecule has 2 rings (SSSR count). The fourth-order valence-corrected chi connectivity index (χ4v) is 3.00. The monoisotopic (exact) mass is 184 g/mol. The minimum absolute atomic E-state index is 0.196. The van der Waals surface area contributed by atoms with Gasteiger partial charge in [-0.3, -0.25) is 0 Å². The van der Waals surface area contributed by atoms with Crippen molar-refractivity contribution < 1.29 is 9.84 Å². The van der Waals surface area contributed by atoms with Crippen molar-refractivity contribution in [3.05, 3.63) is 0 Å². The van der Waals surface area contributed by atoms with E-state index in [-0.39, 0.29) is 12.2 Å². The van der Waals surface area contributed by atoms with E-state index in [1.54, 1.807) is 0 Å². The molecular weight excluding hydrogens is 164 g/mol. The van der Waals surface area contributed by atoms with E-state index in [9.17, 15) is 5.11 Å². The van der Waals surface area contributed by atoms with Crippen molar-refractivity contribution in [2.45, 2.75) is 51.2 Å². The molecule has 1 saturated carbocycles. The van der Waals surface area contributed by atoms with Gasteiger partial charge in [-0.15, -0.1) is 0 Å². The summed E-state index contributed by atoms with van der Waals surface area (Å²) in [6, 6.07) is 0. The Morgan fingerprint density at radius 2 is 1.85 bits per heavy atom. The SMILES string of the molecule is CC1OCC(O)C1C1CCCCC1. The van der Waals surface area contributed by atoms with Crippen LogP contribution in [0.4, 0.5) is 0 Å². The third-order valence-corrected chi connectivity index (χ3v) is 3.71. The highest BCUT2D eigenvalue weighted by molar-refractivity contribution is 4.87. The van der Waals surface area contributed by atoms with Crippen LogP contribution in [0.1, 0.15) is 39.0 Å². The first-order valence-corrected chi connectivity index (χ1v) is 5.58. The van der Waals surface area contributed by atoms with Crippen LogP contribution in [0.3, 0.4) is 0 Å². The van der Waals surface area contributed by atoms with Gasteiger partial charge in [-0.2, -0.15) is 0 Å². The summed E-state index contributed by atoms with van der Waals surface area (Å²) in [6.07, 6.45) is 6.76. The molecule has 1 aliphatic heterocycles. The first-order valence-electron chi connectivity index (χ1n) is 5.58. The van der Waals surface area contributed by atoms with Crippen molar-refractivity contribution >= 4 is 0 Å². The van der Waals surface area contributed by atoms with Gasteiger partial charge in [-0.05, 0) is 25.7 Å². The van der Waals surface area contributed by atoms with Crippen LogP contribution >= 0.6 is 0 Å². The second-order valence-corrected chi connectivity index (χ2v) is 4.58. The molecule has 2 fully saturated rings. The Labute approximate surface area is 80.3 Å². The zero-order valence-corrected chi connectivity index (χ0v) is 8.41. The van der Waals surface area contributed by atoms with E-state index in [2.05, 4.69) is 6.92 Å². The molecule has 1 saturated heterocycles. The quantitative estimate of drug-likeness (QED) is 0.675. The molecule has 2 aliphatic rings. The molecule has 1 aliphatic carbocycles. The molecule has 13 heavy (non-hydrogen) atoms. The van der Waals surface area contributed by atoms with E-state index in [4.69, 9.17) is 4.74 Å². The Hall–Kier alpha value is -0.0800. The minimum atomic E-state index is -0.196. The Bertz CT molecular complexity index is 153. The molecule has 1 heterocycles. The molecule has 0 spiro atoms. The standard InChI is InChI=1S/C11H20O2/c1-8-11(10(12)7-13-8)9-5-3-2-4-6-9/h8-12H,2-7H2,1H3. The van der Waals surface area contributed by atoms with E-state index < -0.39 is 0 Å². The molecule has 0 amide bonds. The molecular formula is C11H20O2. The predicted octanol–water partition coefficient (Wildman–Crippen LogP) is 1.96. The number of aliphatic hydroxyl groups is 1. The van der Waals surface area contributed by atoms with Gasteiger partial charge in [0.15, 0.2) is 0 Å². The van der Waals surface area contributed by atoms with Crippen LogP contribution in [-0.4, -0.2) is 23.9 Å². The van der Waals surface area contributed by atoms with Crippen LogP contribution in [0.15, 0.2) is 0 Å². The average Bonchev–Trinajstić information content (AvgIpc) is 2.48. The molecule has 3 unspecified atom stereocenters. The van der Waals surface area contributed by atoms with Crippen molar-refractivity contribution in [3.8, 4) is 0 Å². The zero-order chi connectivity index (χ0) is 9.26. The fraction of sp³-hybridized carbons (Fsp3) is 1.00. The van der Waals surface area contributed by atoms with Crippen LogP contribution < -0.4 is 0 Å². The molecule has 0 radical (unpaired) electrons. The van der Waals surface area contributed by atoms with Gasteiger partial charge < -0.3 is 9.84 Å². The topological polar surface area (TPSA) is 29.5 Å². The molecule has 76 valence electrons. The minimum Gasteiger partial charge on any atom is -0.390 e. The van der Waals surface area contributed by atoms with Crippen LogP contribution in [0.5, 0.6) is 0 Å². The van der Waals surface area contributed by atoms with E-state index in [0.29, 0.717) is 12.5 Å². The van der Waals surface area contributed by atoms with Crippen LogP contribution in [0.25, 0.3) is 0 Å². The molecule has 0 bridgehead atoms. The summed E-state index contributed by atoms with van der Waals surface area (Å²) in [6.45, 7) is 2.66. The van der Waals surface area contributed by atoms with E-state index in [1.807, 2.05) is 0 Å². The highest BCUT2D eigenvalue weighted by Gasteiger charge is 2.38. The Balaban J connectivity index is 1.96. The maximum absolute atomic E-state index is 9.79. The normalized spacial score (nSPS) is 42.5.